The zero-order valence-corrected chi connectivity index (χ0v) is 23.0. The van der Waals surface area contributed by atoms with Crippen LogP contribution in [0.2, 0.25) is 0 Å². The van der Waals surface area contributed by atoms with Gasteiger partial charge in [0, 0.05) is 17.5 Å². The molecule has 1 fully saturated rings. The van der Waals surface area contributed by atoms with Crippen LogP contribution in [0.3, 0.4) is 0 Å². The van der Waals surface area contributed by atoms with E-state index in [0.717, 1.165) is 31.8 Å². The second kappa shape index (κ2) is 12.0. The Morgan fingerprint density at radius 1 is 0.829 bits per heavy atom. The normalized spacial score (nSPS) is 14.7. The average molecular weight is 586 g/mol. The molecule has 0 atom stereocenters. The van der Waals surface area contributed by atoms with Gasteiger partial charge in [0.05, 0.1) is 4.90 Å². The largest absolute Gasteiger partial charge is 0.508 e. The molecule has 1 aliphatic rings. The Labute approximate surface area is 236 Å². The molecule has 0 saturated carbocycles. The van der Waals surface area contributed by atoms with Crippen molar-refractivity contribution in [2.45, 2.75) is 30.3 Å². The molecule has 1 heterocycles. The summed E-state index contributed by atoms with van der Waals surface area (Å²) in [6.45, 7) is 3.67. The van der Waals surface area contributed by atoms with E-state index in [0.29, 0.717) is 45.8 Å². The molecule has 6 nitrogen and oxygen atoms in total. The number of alkyl halides is 3. The summed E-state index contributed by atoms with van der Waals surface area (Å²) in [6.07, 6.45) is -1.10. The van der Waals surface area contributed by atoms with Crippen LogP contribution in [0.5, 0.6) is 23.0 Å². The summed E-state index contributed by atoms with van der Waals surface area (Å²) >= 11 is 0. The number of benzene rings is 4. The molecule has 0 unspecified atom stereocenters. The minimum Gasteiger partial charge on any atom is -0.508 e. The average Bonchev–Trinajstić information content (AvgIpc) is 2.93. The van der Waals surface area contributed by atoms with Crippen molar-refractivity contribution in [2.75, 3.05) is 32.0 Å². The minimum atomic E-state index is -4.84. The van der Waals surface area contributed by atoms with E-state index >= 15 is 0 Å². The van der Waals surface area contributed by atoms with Crippen molar-refractivity contribution < 1.29 is 36.2 Å². The summed E-state index contributed by atoms with van der Waals surface area (Å²) in [7, 11) is -4.53. The Kier molecular flexibility index (Phi) is 8.42. The number of aromatic hydroxyl groups is 1. The monoisotopic (exact) mass is 585 g/mol. The molecule has 1 aliphatic heterocycles. The summed E-state index contributed by atoms with van der Waals surface area (Å²) in [5.41, 5.74) is 1.16. The highest BCUT2D eigenvalue weighted by Crippen LogP contribution is 2.41. The van der Waals surface area contributed by atoms with Crippen LogP contribution in [0, 0.1) is 0 Å². The SMILES string of the molecule is O=S(=O)(CC(F)(F)F)c1ccc(-c2ccc3cc(O)ccc3c2Oc2ccc(OCCN3CCCCC3)cc2)cc1. The first kappa shape index (κ1) is 28.8. The van der Waals surface area contributed by atoms with E-state index in [1.807, 2.05) is 12.1 Å². The number of likely N-dealkylation sites (tertiary alicyclic amines) is 1. The maximum atomic E-state index is 12.8. The molecule has 0 amide bonds. The molecule has 1 saturated heterocycles. The molecule has 0 aliphatic carbocycles. The first-order valence-electron chi connectivity index (χ1n) is 13.4. The molecule has 5 rings (SSSR count). The van der Waals surface area contributed by atoms with Gasteiger partial charge in [0.25, 0.3) is 0 Å². The second-order valence-corrected chi connectivity index (χ2v) is 12.1. The summed E-state index contributed by atoms with van der Waals surface area (Å²) in [4.78, 5) is 1.99. The smallest absolute Gasteiger partial charge is 0.403 e. The Bertz CT molecular complexity index is 1600. The molecule has 0 bridgehead atoms. The minimum absolute atomic E-state index is 0.0847. The molecule has 0 spiro atoms. The Balaban J connectivity index is 1.39. The number of ether oxygens (including phenoxy) is 2. The van der Waals surface area contributed by atoms with Gasteiger partial charge in [-0.3, -0.25) is 4.90 Å². The van der Waals surface area contributed by atoms with E-state index in [1.165, 1.54) is 37.5 Å². The fourth-order valence-electron chi connectivity index (χ4n) is 4.96. The second-order valence-electron chi connectivity index (χ2n) is 10.1. The quantitative estimate of drug-likeness (QED) is 0.224. The van der Waals surface area contributed by atoms with Gasteiger partial charge in [-0.05, 0) is 97.5 Å². The Morgan fingerprint density at radius 2 is 1.51 bits per heavy atom. The summed E-state index contributed by atoms with van der Waals surface area (Å²) in [5, 5.41) is 11.4. The van der Waals surface area contributed by atoms with Gasteiger partial charge in [-0.25, -0.2) is 8.42 Å². The highest BCUT2D eigenvalue weighted by atomic mass is 32.2. The third-order valence-corrected chi connectivity index (χ3v) is 8.70. The molecule has 1 N–H and O–H groups in total. The topological polar surface area (TPSA) is 76.1 Å². The lowest BCUT2D eigenvalue weighted by atomic mass is 9.99. The number of phenolic OH excluding ortho intramolecular Hbond substituents is 1. The molecule has 4 aromatic carbocycles. The highest BCUT2D eigenvalue weighted by Gasteiger charge is 2.36. The van der Waals surface area contributed by atoms with Crippen LogP contribution >= 0.6 is 0 Å². The van der Waals surface area contributed by atoms with E-state index in [4.69, 9.17) is 9.47 Å². The lowest BCUT2D eigenvalue weighted by Gasteiger charge is -2.26. The summed E-state index contributed by atoms with van der Waals surface area (Å²) in [6, 6.07) is 20.8. The maximum absolute atomic E-state index is 12.8. The van der Waals surface area contributed by atoms with Crippen molar-refractivity contribution >= 4 is 20.6 Å². The number of fused-ring (bicyclic) bond motifs is 1. The van der Waals surface area contributed by atoms with Crippen LogP contribution in [0.25, 0.3) is 21.9 Å². The van der Waals surface area contributed by atoms with Crippen molar-refractivity contribution in [3.63, 3.8) is 0 Å². The molecule has 0 aromatic heterocycles. The van der Waals surface area contributed by atoms with E-state index in [1.54, 1.807) is 36.4 Å². The van der Waals surface area contributed by atoms with E-state index in [2.05, 4.69) is 4.90 Å². The number of piperidine rings is 1. The summed E-state index contributed by atoms with van der Waals surface area (Å²) < 4.78 is 74.9. The molecule has 41 heavy (non-hydrogen) atoms. The van der Waals surface area contributed by atoms with Crippen LogP contribution in [0.15, 0.2) is 83.8 Å². The van der Waals surface area contributed by atoms with Crippen LogP contribution in [-0.2, 0) is 9.84 Å². The molecule has 10 heteroatoms. The number of halogens is 3. The zero-order chi connectivity index (χ0) is 29.0. The first-order chi connectivity index (χ1) is 19.6. The fraction of sp³-hybridized carbons (Fsp3) is 0.290. The van der Waals surface area contributed by atoms with Gasteiger partial charge in [0.2, 0.25) is 0 Å². The molecular formula is C31H30F3NO5S. The van der Waals surface area contributed by atoms with Gasteiger partial charge < -0.3 is 14.6 Å². The van der Waals surface area contributed by atoms with Gasteiger partial charge in [0.15, 0.2) is 15.6 Å². The highest BCUT2D eigenvalue weighted by molar-refractivity contribution is 7.91. The van der Waals surface area contributed by atoms with Crippen molar-refractivity contribution in [1.29, 1.82) is 0 Å². The Morgan fingerprint density at radius 3 is 2.20 bits per heavy atom. The van der Waals surface area contributed by atoms with Gasteiger partial charge in [-0.1, -0.05) is 24.6 Å². The number of nitrogens with zero attached hydrogens (tertiary/aromatic N) is 1. The molecule has 0 radical (unpaired) electrons. The zero-order valence-electron chi connectivity index (χ0n) is 22.2. The maximum Gasteiger partial charge on any atom is 0.403 e. The van der Waals surface area contributed by atoms with Crippen molar-refractivity contribution in [1.82, 2.24) is 4.90 Å². The lowest BCUT2D eigenvalue weighted by molar-refractivity contribution is -0.106. The van der Waals surface area contributed by atoms with Crippen molar-refractivity contribution in [2.24, 2.45) is 0 Å². The number of phenols is 1. The van der Waals surface area contributed by atoms with E-state index in [-0.39, 0.29) is 5.75 Å². The van der Waals surface area contributed by atoms with E-state index < -0.39 is 26.7 Å². The van der Waals surface area contributed by atoms with Gasteiger partial charge in [0.1, 0.15) is 29.6 Å². The van der Waals surface area contributed by atoms with Crippen LogP contribution < -0.4 is 9.47 Å². The Hall–Kier alpha value is -3.76. The number of sulfone groups is 1. The predicted octanol–water partition coefficient (Wildman–Crippen LogP) is 7.21. The standard InChI is InChI=1S/C31H30F3NO5S/c32-31(33,34)21-41(37,38)27-12-4-22(5-13-27)28-14-6-23-20-24(36)7-15-29(23)30(28)40-26-10-8-25(9-11-26)39-19-18-35-16-2-1-3-17-35/h4-15,20,36H,1-3,16-19,21H2. The van der Waals surface area contributed by atoms with Gasteiger partial charge in [-0.15, -0.1) is 0 Å². The molecular weight excluding hydrogens is 555 g/mol. The predicted molar refractivity (Wildman–Crippen MR) is 151 cm³/mol. The van der Waals surface area contributed by atoms with Crippen LogP contribution in [-0.4, -0.2) is 56.6 Å². The third kappa shape index (κ3) is 7.31. The number of rotatable bonds is 9. The molecule has 4 aromatic rings. The number of hydrogen-bond donors (Lipinski definition) is 1. The van der Waals surface area contributed by atoms with Crippen LogP contribution in [0.4, 0.5) is 13.2 Å². The third-order valence-electron chi connectivity index (χ3n) is 7.00. The number of hydrogen-bond acceptors (Lipinski definition) is 6. The lowest BCUT2D eigenvalue weighted by Crippen LogP contribution is -2.33. The van der Waals surface area contributed by atoms with E-state index in [9.17, 15) is 26.7 Å². The molecule has 216 valence electrons. The van der Waals surface area contributed by atoms with Crippen LogP contribution in [0.1, 0.15) is 19.3 Å². The van der Waals surface area contributed by atoms with Gasteiger partial charge >= 0.3 is 6.18 Å². The van der Waals surface area contributed by atoms with Gasteiger partial charge in [-0.2, -0.15) is 13.2 Å². The van der Waals surface area contributed by atoms with Crippen molar-refractivity contribution in [3.05, 3.63) is 78.9 Å². The fourth-order valence-corrected chi connectivity index (χ4v) is 6.11. The first-order valence-corrected chi connectivity index (χ1v) is 15.0. The van der Waals surface area contributed by atoms with Crippen molar-refractivity contribution in [3.8, 4) is 34.1 Å². The summed E-state index contributed by atoms with van der Waals surface area (Å²) in [5.74, 6) is -0.146.